The van der Waals surface area contributed by atoms with Crippen molar-refractivity contribution in [3.8, 4) is 0 Å². The van der Waals surface area contributed by atoms with Gasteiger partial charge in [-0.15, -0.1) is 0 Å². The highest BCUT2D eigenvalue weighted by Gasteiger charge is 2.45. The molecule has 2 atom stereocenters. The molecule has 2 aliphatic heterocycles. The number of carbonyl (C=O) groups is 3. The van der Waals surface area contributed by atoms with E-state index in [0.29, 0.717) is 12.1 Å². The van der Waals surface area contributed by atoms with E-state index in [9.17, 15) is 32.7 Å². The molecule has 2 amide bonds. The molecule has 170 valence electrons. The average molecular weight is 441 g/mol. The lowest BCUT2D eigenvalue weighted by Crippen LogP contribution is -2.67. The van der Waals surface area contributed by atoms with Crippen molar-refractivity contribution in [2.75, 3.05) is 32.7 Å². The molecular formula is C21H26F3N3O4. The predicted octanol–water partition coefficient (Wildman–Crippen LogP) is 1.86. The van der Waals surface area contributed by atoms with Crippen LogP contribution in [0.5, 0.6) is 0 Å². The summed E-state index contributed by atoms with van der Waals surface area (Å²) in [6.07, 6.45) is -2.68. The number of carbonyl (C=O) groups excluding carboxylic acids is 2. The van der Waals surface area contributed by atoms with Gasteiger partial charge in [-0.05, 0) is 43.6 Å². The second-order valence-corrected chi connectivity index (χ2v) is 8.03. The van der Waals surface area contributed by atoms with Crippen molar-refractivity contribution in [2.45, 2.75) is 44.4 Å². The summed E-state index contributed by atoms with van der Waals surface area (Å²) in [5, 5.41) is 9.92. The highest BCUT2D eigenvalue weighted by Crippen LogP contribution is 2.29. The fourth-order valence-corrected chi connectivity index (χ4v) is 4.38. The van der Waals surface area contributed by atoms with E-state index in [0.717, 1.165) is 38.1 Å². The van der Waals surface area contributed by atoms with Gasteiger partial charge in [-0.2, -0.15) is 13.2 Å². The highest BCUT2D eigenvalue weighted by molar-refractivity contribution is 5.87. The molecule has 1 aromatic rings. The molecule has 1 N–H and O–H groups in total. The zero-order chi connectivity index (χ0) is 22.8. The third-order valence-corrected chi connectivity index (χ3v) is 5.94. The number of halogens is 3. The smallest absolute Gasteiger partial charge is 0.416 e. The number of alkyl halides is 3. The summed E-state index contributed by atoms with van der Waals surface area (Å²) in [6.45, 7) is 3.65. The van der Waals surface area contributed by atoms with E-state index in [4.69, 9.17) is 0 Å². The van der Waals surface area contributed by atoms with Crippen LogP contribution in [0, 0.1) is 0 Å². The lowest BCUT2D eigenvalue weighted by Gasteiger charge is -2.46. The number of hydrogen-bond acceptors (Lipinski definition) is 4. The maximum atomic E-state index is 12.9. The van der Waals surface area contributed by atoms with Gasteiger partial charge in [-0.3, -0.25) is 9.59 Å². The van der Waals surface area contributed by atoms with Crippen LogP contribution in [0.2, 0.25) is 0 Å². The van der Waals surface area contributed by atoms with E-state index in [1.54, 1.807) is 0 Å². The lowest BCUT2D eigenvalue weighted by molar-refractivity contribution is -0.161. The SMILES string of the molecule is CC(=O)N1CCN(C(=O)Cc2ccc(C(F)(F)F)cc2)[C@@H](C(=O)O)[C@@H]1CN1CCCC1. The van der Waals surface area contributed by atoms with Crippen molar-refractivity contribution in [1.82, 2.24) is 14.7 Å². The summed E-state index contributed by atoms with van der Waals surface area (Å²) in [6, 6.07) is 2.37. The number of carboxylic acid groups (broad SMARTS) is 1. The van der Waals surface area contributed by atoms with Gasteiger partial charge in [0.25, 0.3) is 0 Å². The molecule has 1 aromatic carbocycles. The molecule has 3 rings (SSSR count). The Hall–Kier alpha value is -2.62. The minimum absolute atomic E-state index is 0.0620. The first kappa shape index (κ1) is 23.1. The van der Waals surface area contributed by atoms with Crippen molar-refractivity contribution in [3.63, 3.8) is 0 Å². The van der Waals surface area contributed by atoms with Crippen molar-refractivity contribution >= 4 is 17.8 Å². The third-order valence-electron chi connectivity index (χ3n) is 5.94. The Labute approximate surface area is 178 Å². The van der Waals surface area contributed by atoms with Gasteiger partial charge in [0.2, 0.25) is 11.8 Å². The zero-order valence-electron chi connectivity index (χ0n) is 17.3. The van der Waals surface area contributed by atoms with Crippen LogP contribution >= 0.6 is 0 Å². The first-order valence-electron chi connectivity index (χ1n) is 10.3. The van der Waals surface area contributed by atoms with Crippen LogP contribution in [0.15, 0.2) is 24.3 Å². The second kappa shape index (κ2) is 9.25. The molecular weight excluding hydrogens is 415 g/mol. The fraction of sp³-hybridized carbons (Fsp3) is 0.571. The molecule has 2 fully saturated rings. The molecule has 2 heterocycles. The predicted molar refractivity (Wildman–Crippen MR) is 105 cm³/mol. The summed E-state index contributed by atoms with van der Waals surface area (Å²) in [5.41, 5.74) is -0.444. The van der Waals surface area contributed by atoms with Gasteiger partial charge >= 0.3 is 12.1 Å². The van der Waals surface area contributed by atoms with E-state index in [-0.39, 0.29) is 25.4 Å². The first-order valence-corrected chi connectivity index (χ1v) is 10.3. The van der Waals surface area contributed by atoms with Crippen LogP contribution in [-0.4, -0.2) is 82.4 Å². The Balaban J connectivity index is 1.79. The summed E-state index contributed by atoms with van der Waals surface area (Å²) in [5.74, 6) is -1.93. The van der Waals surface area contributed by atoms with Crippen molar-refractivity contribution < 1.29 is 32.7 Å². The van der Waals surface area contributed by atoms with E-state index in [2.05, 4.69) is 4.90 Å². The lowest BCUT2D eigenvalue weighted by atomic mass is 9.98. The topological polar surface area (TPSA) is 81.2 Å². The molecule has 7 nitrogen and oxygen atoms in total. The van der Waals surface area contributed by atoms with Gasteiger partial charge < -0.3 is 19.8 Å². The second-order valence-electron chi connectivity index (χ2n) is 8.03. The number of piperazine rings is 1. The third kappa shape index (κ3) is 5.36. The Bertz CT molecular complexity index is 822. The number of hydrogen-bond donors (Lipinski definition) is 1. The average Bonchev–Trinajstić information content (AvgIpc) is 3.20. The van der Waals surface area contributed by atoms with Crippen LogP contribution in [0.1, 0.15) is 30.9 Å². The van der Waals surface area contributed by atoms with Gasteiger partial charge in [0.05, 0.1) is 18.0 Å². The monoisotopic (exact) mass is 441 g/mol. The molecule has 2 aliphatic rings. The maximum Gasteiger partial charge on any atom is 0.416 e. The Morgan fingerprint density at radius 2 is 1.58 bits per heavy atom. The van der Waals surface area contributed by atoms with Crippen LogP contribution < -0.4 is 0 Å². The van der Waals surface area contributed by atoms with Gasteiger partial charge in [0.15, 0.2) is 6.04 Å². The number of aliphatic carboxylic acids is 1. The van der Waals surface area contributed by atoms with E-state index in [1.165, 1.54) is 28.9 Å². The van der Waals surface area contributed by atoms with Crippen molar-refractivity contribution in [3.05, 3.63) is 35.4 Å². The molecule has 0 unspecified atom stereocenters. The molecule has 31 heavy (non-hydrogen) atoms. The van der Waals surface area contributed by atoms with Gasteiger partial charge in [0.1, 0.15) is 0 Å². The van der Waals surface area contributed by atoms with Crippen LogP contribution in [-0.2, 0) is 27.0 Å². The minimum atomic E-state index is -4.47. The molecule has 0 aromatic heterocycles. The van der Waals surface area contributed by atoms with Gasteiger partial charge in [-0.25, -0.2) is 4.79 Å². The van der Waals surface area contributed by atoms with E-state index < -0.39 is 35.7 Å². The number of carboxylic acids is 1. The van der Waals surface area contributed by atoms with E-state index in [1.807, 2.05) is 0 Å². The Morgan fingerprint density at radius 1 is 1.00 bits per heavy atom. The summed E-state index contributed by atoms with van der Waals surface area (Å²) >= 11 is 0. The van der Waals surface area contributed by atoms with E-state index >= 15 is 0 Å². The van der Waals surface area contributed by atoms with Crippen LogP contribution in [0.4, 0.5) is 13.2 Å². The summed E-state index contributed by atoms with van der Waals surface area (Å²) in [4.78, 5) is 42.1. The number of nitrogens with zero attached hydrogens (tertiary/aromatic N) is 3. The minimum Gasteiger partial charge on any atom is -0.480 e. The molecule has 0 saturated carbocycles. The molecule has 10 heteroatoms. The summed E-state index contributed by atoms with van der Waals surface area (Å²) in [7, 11) is 0. The number of rotatable bonds is 5. The number of amides is 2. The number of likely N-dealkylation sites (tertiary alicyclic amines) is 1. The quantitative estimate of drug-likeness (QED) is 0.755. The fourth-order valence-electron chi connectivity index (χ4n) is 4.38. The molecule has 0 aliphatic carbocycles. The maximum absolute atomic E-state index is 12.9. The molecule has 0 spiro atoms. The largest absolute Gasteiger partial charge is 0.480 e. The number of benzene rings is 1. The van der Waals surface area contributed by atoms with Crippen molar-refractivity contribution in [1.29, 1.82) is 0 Å². The van der Waals surface area contributed by atoms with Crippen LogP contribution in [0.25, 0.3) is 0 Å². The first-order chi connectivity index (χ1) is 14.6. The molecule has 0 bridgehead atoms. The standard InChI is InChI=1S/C21H26F3N3O4/c1-14(28)26-10-11-27(19(20(30)31)17(26)13-25-8-2-3-9-25)18(29)12-15-4-6-16(7-5-15)21(22,23)24/h4-7,17,19H,2-3,8-13H2,1H3,(H,30,31)/t17-,19+/m0/s1. The van der Waals surface area contributed by atoms with Gasteiger partial charge in [-0.1, -0.05) is 12.1 Å². The molecule has 0 radical (unpaired) electrons. The molecule has 2 saturated heterocycles. The highest BCUT2D eigenvalue weighted by atomic mass is 19.4. The Morgan fingerprint density at radius 3 is 2.10 bits per heavy atom. The zero-order valence-corrected chi connectivity index (χ0v) is 17.3. The van der Waals surface area contributed by atoms with Crippen molar-refractivity contribution in [2.24, 2.45) is 0 Å². The van der Waals surface area contributed by atoms with Gasteiger partial charge in [0, 0.05) is 26.6 Å². The Kier molecular flexibility index (Phi) is 6.88. The summed E-state index contributed by atoms with van der Waals surface area (Å²) < 4.78 is 38.2. The van der Waals surface area contributed by atoms with Crippen LogP contribution in [0.3, 0.4) is 0 Å². The normalized spacial score (nSPS) is 22.6.